The second-order valence-electron chi connectivity index (χ2n) is 6.14. The Hall–Kier alpha value is -3.33. The lowest BCUT2D eigenvalue weighted by molar-refractivity contribution is -0.116. The molecule has 0 saturated carbocycles. The van der Waals surface area contributed by atoms with Gasteiger partial charge in [0, 0.05) is 24.7 Å². The predicted octanol–water partition coefficient (Wildman–Crippen LogP) is 3.46. The highest BCUT2D eigenvalue weighted by molar-refractivity contribution is 7.22. The van der Waals surface area contributed by atoms with Crippen molar-refractivity contribution < 1.29 is 23.8 Å². The molecule has 0 bridgehead atoms. The molecule has 29 heavy (non-hydrogen) atoms. The quantitative estimate of drug-likeness (QED) is 0.613. The molecule has 0 aliphatic heterocycles. The van der Waals surface area contributed by atoms with Gasteiger partial charge in [-0.05, 0) is 17.7 Å². The summed E-state index contributed by atoms with van der Waals surface area (Å²) in [5.74, 6) is 1.01. The summed E-state index contributed by atoms with van der Waals surface area (Å²) in [6, 6.07) is 8.91. The van der Waals surface area contributed by atoms with Gasteiger partial charge in [-0.3, -0.25) is 9.59 Å². The fourth-order valence-corrected chi connectivity index (χ4v) is 3.80. The fraction of sp³-hybridized carbons (Fsp3) is 0.250. The maximum atomic E-state index is 12.5. The molecule has 0 aliphatic rings. The Kier molecular flexibility index (Phi) is 6.18. The third kappa shape index (κ3) is 4.75. The average Bonchev–Trinajstić information content (AvgIpc) is 3.07. The van der Waals surface area contributed by atoms with Gasteiger partial charge in [-0.25, -0.2) is 4.98 Å². The Morgan fingerprint density at radius 1 is 1.00 bits per heavy atom. The topological polar surface area (TPSA) is 98.8 Å². The van der Waals surface area contributed by atoms with Gasteiger partial charge in [-0.2, -0.15) is 0 Å². The lowest BCUT2D eigenvalue weighted by atomic mass is 10.1. The van der Waals surface area contributed by atoms with Crippen molar-refractivity contribution in [2.75, 3.05) is 32.0 Å². The second kappa shape index (κ2) is 8.78. The van der Waals surface area contributed by atoms with Crippen LogP contribution in [-0.2, 0) is 16.0 Å². The Morgan fingerprint density at radius 2 is 1.69 bits per heavy atom. The first-order valence-corrected chi connectivity index (χ1v) is 9.52. The van der Waals surface area contributed by atoms with Crippen LogP contribution >= 0.6 is 11.3 Å². The normalized spacial score (nSPS) is 10.5. The maximum absolute atomic E-state index is 12.5. The second-order valence-corrected chi connectivity index (χ2v) is 7.17. The average molecular weight is 415 g/mol. The zero-order valence-corrected chi connectivity index (χ0v) is 17.3. The third-order valence-corrected chi connectivity index (χ3v) is 4.98. The van der Waals surface area contributed by atoms with Crippen LogP contribution in [0.25, 0.3) is 10.2 Å². The van der Waals surface area contributed by atoms with Crippen molar-refractivity contribution in [1.29, 1.82) is 0 Å². The fourth-order valence-electron chi connectivity index (χ4n) is 2.83. The number of anilines is 2. The van der Waals surface area contributed by atoms with Crippen LogP contribution in [0, 0.1) is 0 Å². The van der Waals surface area contributed by atoms with E-state index in [9.17, 15) is 9.59 Å². The van der Waals surface area contributed by atoms with E-state index >= 15 is 0 Å². The zero-order valence-electron chi connectivity index (χ0n) is 16.5. The number of rotatable bonds is 7. The smallest absolute Gasteiger partial charge is 0.228 e. The molecule has 152 valence electrons. The number of methoxy groups -OCH3 is 3. The first-order valence-electron chi connectivity index (χ1n) is 8.70. The van der Waals surface area contributed by atoms with Crippen molar-refractivity contribution >= 4 is 44.2 Å². The van der Waals surface area contributed by atoms with Crippen LogP contribution in [0.3, 0.4) is 0 Å². The van der Waals surface area contributed by atoms with E-state index in [1.165, 1.54) is 39.6 Å². The van der Waals surface area contributed by atoms with Crippen LogP contribution in [0.4, 0.5) is 10.8 Å². The molecule has 3 aromatic rings. The number of carbonyl (C=O) groups is 2. The molecule has 3 rings (SSSR count). The summed E-state index contributed by atoms with van der Waals surface area (Å²) >= 11 is 1.36. The first-order chi connectivity index (χ1) is 13.9. The van der Waals surface area contributed by atoms with E-state index in [-0.39, 0.29) is 18.2 Å². The van der Waals surface area contributed by atoms with Crippen LogP contribution < -0.4 is 24.8 Å². The van der Waals surface area contributed by atoms with Crippen molar-refractivity contribution in [3.8, 4) is 17.2 Å². The van der Waals surface area contributed by atoms with Crippen molar-refractivity contribution in [1.82, 2.24) is 4.98 Å². The molecule has 0 unspecified atom stereocenters. The molecule has 0 aliphatic carbocycles. The van der Waals surface area contributed by atoms with Crippen molar-refractivity contribution in [3.05, 3.63) is 35.9 Å². The Balaban J connectivity index is 1.76. The molecular formula is C20H21N3O5S. The van der Waals surface area contributed by atoms with Crippen molar-refractivity contribution in [2.24, 2.45) is 0 Å². The SMILES string of the molecule is COc1cc(NC(=O)Cc2ccc3nc(NC(C)=O)sc3c2)cc(OC)c1OC. The summed E-state index contributed by atoms with van der Waals surface area (Å²) in [6.45, 7) is 1.44. The number of hydrogen-bond acceptors (Lipinski definition) is 7. The molecule has 1 aromatic heterocycles. The molecule has 0 saturated heterocycles. The Bertz CT molecular complexity index is 1040. The van der Waals surface area contributed by atoms with E-state index < -0.39 is 0 Å². The van der Waals surface area contributed by atoms with Crippen LogP contribution in [0.2, 0.25) is 0 Å². The van der Waals surface area contributed by atoms with Crippen molar-refractivity contribution in [3.63, 3.8) is 0 Å². The molecule has 9 heteroatoms. The number of aromatic nitrogens is 1. The maximum Gasteiger partial charge on any atom is 0.228 e. The molecule has 2 aromatic carbocycles. The van der Waals surface area contributed by atoms with E-state index in [2.05, 4.69) is 15.6 Å². The predicted molar refractivity (Wildman–Crippen MR) is 112 cm³/mol. The van der Waals surface area contributed by atoms with E-state index in [0.717, 1.165) is 15.8 Å². The lowest BCUT2D eigenvalue weighted by Gasteiger charge is -2.14. The standard InChI is InChI=1S/C20H21N3O5S/c1-11(24)21-20-23-14-6-5-12(7-17(14)29-20)8-18(25)22-13-9-15(26-2)19(28-4)16(10-13)27-3/h5-7,9-10H,8H2,1-4H3,(H,22,25)(H,21,23,24). The van der Waals surface area contributed by atoms with E-state index in [0.29, 0.717) is 28.1 Å². The van der Waals surface area contributed by atoms with Gasteiger partial charge in [0.15, 0.2) is 16.6 Å². The van der Waals surface area contributed by atoms with Gasteiger partial charge in [0.25, 0.3) is 0 Å². The summed E-state index contributed by atoms with van der Waals surface area (Å²) in [5.41, 5.74) is 2.14. The minimum atomic E-state index is -0.190. The monoisotopic (exact) mass is 415 g/mol. The number of carbonyl (C=O) groups excluding carboxylic acids is 2. The number of hydrogen-bond donors (Lipinski definition) is 2. The molecule has 0 fully saturated rings. The Labute approximate surface area is 171 Å². The number of benzene rings is 2. The van der Waals surface area contributed by atoms with Gasteiger partial charge < -0.3 is 24.8 Å². The molecule has 2 N–H and O–H groups in total. The highest BCUT2D eigenvalue weighted by Crippen LogP contribution is 2.40. The number of thiazole rings is 1. The molecule has 0 spiro atoms. The molecule has 2 amide bonds. The number of nitrogens with one attached hydrogen (secondary N) is 2. The summed E-state index contributed by atoms with van der Waals surface area (Å²) in [6.07, 6.45) is 0.181. The minimum Gasteiger partial charge on any atom is -0.493 e. The van der Waals surface area contributed by atoms with E-state index in [1.54, 1.807) is 12.1 Å². The molecule has 0 radical (unpaired) electrons. The van der Waals surface area contributed by atoms with Gasteiger partial charge in [-0.15, -0.1) is 0 Å². The van der Waals surface area contributed by atoms with E-state index in [4.69, 9.17) is 14.2 Å². The lowest BCUT2D eigenvalue weighted by Crippen LogP contribution is -2.14. The molecule has 8 nitrogen and oxygen atoms in total. The molecular weight excluding hydrogens is 394 g/mol. The largest absolute Gasteiger partial charge is 0.493 e. The number of amides is 2. The zero-order chi connectivity index (χ0) is 21.0. The van der Waals surface area contributed by atoms with Gasteiger partial charge in [0.1, 0.15) is 0 Å². The number of ether oxygens (including phenoxy) is 3. The number of nitrogens with zero attached hydrogens (tertiary/aromatic N) is 1. The van der Waals surface area contributed by atoms with Crippen LogP contribution in [-0.4, -0.2) is 38.1 Å². The van der Waals surface area contributed by atoms with E-state index in [1.807, 2.05) is 18.2 Å². The van der Waals surface area contributed by atoms with Gasteiger partial charge in [0.2, 0.25) is 17.6 Å². The van der Waals surface area contributed by atoms with Crippen molar-refractivity contribution in [2.45, 2.75) is 13.3 Å². The summed E-state index contributed by atoms with van der Waals surface area (Å²) < 4.78 is 16.8. The highest BCUT2D eigenvalue weighted by Gasteiger charge is 2.15. The Morgan fingerprint density at radius 3 is 2.28 bits per heavy atom. The van der Waals surface area contributed by atoms with Gasteiger partial charge >= 0.3 is 0 Å². The first kappa shape index (κ1) is 20.4. The summed E-state index contributed by atoms with van der Waals surface area (Å²) in [7, 11) is 4.55. The van der Waals surface area contributed by atoms with Crippen LogP contribution in [0.5, 0.6) is 17.2 Å². The molecule has 1 heterocycles. The minimum absolute atomic E-state index is 0.172. The van der Waals surface area contributed by atoms with Crippen LogP contribution in [0.1, 0.15) is 12.5 Å². The third-order valence-electron chi connectivity index (χ3n) is 4.05. The number of fused-ring (bicyclic) bond motifs is 1. The van der Waals surface area contributed by atoms with Gasteiger partial charge in [-0.1, -0.05) is 17.4 Å². The van der Waals surface area contributed by atoms with Crippen LogP contribution in [0.15, 0.2) is 30.3 Å². The summed E-state index contributed by atoms with van der Waals surface area (Å²) in [5, 5.41) is 6.05. The molecule has 0 atom stereocenters. The summed E-state index contributed by atoms with van der Waals surface area (Å²) in [4.78, 5) is 28.1. The van der Waals surface area contributed by atoms with Gasteiger partial charge in [0.05, 0.1) is 38.0 Å². The highest BCUT2D eigenvalue weighted by atomic mass is 32.1.